The number of hydrogen-bond donors (Lipinski definition) is 2. The number of carbonyl (C=O) groups is 2. The van der Waals surface area contributed by atoms with Crippen molar-refractivity contribution in [3.05, 3.63) is 72.3 Å². The fourth-order valence-corrected chi connectivity index (χ4v) is 5.05. The average molecular weight is 627 g/mol. The molecule has 0 aliphatic heterocycles. The van der Waals surface area contributed by atoms with Crippen molar-refractivity contribution in [3.8, 4) is 23.0 Å². The lowest BCUT2D eigenvalue weighted by molar-refractivity contribution is -0.146. The van der Waals surface area contributed by atoms with E-state index in [-0.39, 0.29) is 35.9 Å². The van der Waals surface area contributed by atoms with Crippen LogP contribution in [0.2, 0.25) is 0 Å². The minimum absolute atomic E-state index is 0.110. The highest BCUT2D eigenvalue weighted by Crippen LogP contribution is 2.38. The Hall–Kier alpha value is -4.02. The van der Waals surface area contributed by atoms with Crippen LogP contribution in [-0.4, -0.2) is 62.2 Å². The van der Waals surface area contributed by atoms with Gasteiger partial charge in [0.05, 0.1) is 24.4 Å². The van der Waals surface area contributed by atoms with Crippen molar-refractivity contribution in [2.75, 3.05) is 40.0 Å². The minimum atomic E-state index is -0.798. The molecule has 0 aromatic heterocycles. The van der Waals surface area contributed by atoms with Crippen LogP contribution >= 0.6 is 0 Å². The van der Waals surface area contributed by atoms with E-state index >= 15 is 0 Å². The van der Waals surface area contributed by atoms with Gasteiger partial charge in [-0.2, -0.15) is 0 Å². The maximum atomic E-state index is 11.7. The fraction of sp³-hybridized carbons (Fsp3) is 0.486. The summed E-state index contributed by atoms with van der Waals surface area (Å²) in [7, 11) is 0. The van der Waals surface area contributed by atoms with E-state index in [1.807, 2.05) is 12.1 Å². The smallest absolute Gasteiger partial charge is 0.338 e. The molecule has 0 amide bonds. The van der Waals surface area contributed by atoms with Gasteiger partial charge in [-0.15, -0.1) is 0 Å². The molecule has 3 rings (SSSR count). The molecule has 2 aromatic carbocycles. The van der Waals surface area contributed by atoms with E-state index in [2.05, 4.69) is 32.2 Å². The van der Waals surface area contributed by atoms with Crippen molar-refractivity contribution in [1.82, 2.24) is 0 Å². The number of rotatable bonds is 20. The van der Waals surface area contributed by atoms with Gasteiger partial charge in [0.2, 0.25) is 13.6 Å². The number of benzene rings is 2. The Bertz CT molecular complexity index is 1180. The van der Waals surface area contributed by atoms with Gasteiger partial charge in [0.25, 0.3) is 0 Å². The third-order valence-corrected chi connectivity index (χ3v) is 7.68. The summed E-state index contributed by atoms with van der Waals surface area (Å²) in [6.07, 6.45) is 10.5. The summed E-state index contributed by atoms with van der Waals surface area (Å²) in [6, 6.07) is 12.9. The van der Waals surface area contributed by atoms with E-state index in [0.29, 0.717) is 11.7 Å². The normalized spacial score (nSPS) is 15.9. The van der Waals surface area contributed by atoms with Gasteiger partial charge in [-0.1, -0.05) is 57.9 Å². The lowest BCUT2D eigenvalue weighted by atomic mass is 9.77. The molecule has 10 nitrogen and oxygen atoms in total. The zero-order chi connectivity index (χ0) is 32.4. The van der Waals surface area contributed by atoms with Gasteiger partial charge in [0.15, 0.2) is 0 Å². The third kappa shape index (κ3) is 12.5. The maximum Gasteiger partial charge on any atom is 0.338 e. The molecule has 10 heteroatoms. The Morgan fingerprint density at radius 2 is 1.20 bits per heavy atom. The largest absolute Gasteiger partial charge is 0.490 e. The zero-order valence-corrected chi connectivity index (χ0v) is 26.2. The summed E-state index contributed by atoms with van der Waals surface area (Å²) in [4.78, 5) is 23.5. The third-order valence-electron chi connectivity index (χ3n) is 7.68. The van der Waals surface area contributed by atoms with Gasteiger partial charge in [-0.25, -0.2) is 9.59 Å². The second-order valence-corrected chi connectivity index (χ2v) is 11.0. The lowest BCUT2D eigenvalue weighted by Crippen LogP contribution is -2.15. The predicted octanol–water partition coefficient (Wildman–Crippen LogP) is 5.85. The Labute approximate surface area is 265 Å². The number of ether oxygens (including phenoxy) is 6. The SMILES string of the molecule is C=C(CO)C(=O)OCOc1cc(OCCOc2ccc(C3CCC(CCCCC)CC3)cc2)cc(OCOC(=O)C(=C)CO)c1. The van der Waals surface area contributed by atoms with Crippen LogP contribution in [0.1, 0.15) is 69.8 Å². The summed E-state index contributed by atoms with van der Waals surface area (Å²) in [5.41, 5.74) is 1.15. The quantitative estimate of drug-likeness (QED) is 0.0798. The van der Waals surface area contributed by atoms with E-state index in [0.717, 1.165) is 11.7 Å². The minimum Gasteiger partial charge on any atom is -0.490 e. The van der Waals surface area contributed by atoms with E-state index in [9.17, 15) is 9.59 Å². The van der Waals surface area contributed by atoms with Crippen LogP contribution in [0.5, 0.6) is 23.0 Å². The van der Waals surface area contributed by atoms with Gasteiger partial charge >= 0.3 is 11.9 Å². The number of esters is 2. The monoisotopic (exact) mass is 626 g/mol. The van der Waals surface area contributed by atoms with Crippen LogP contribution in [0.15, 0.2) is 66.8 Å². The van der Waals surface area contributed by atoms with Crippen LogP contribution in [-0.2, 0) is 19.1 Å². The second-order valence-electron chi connectivity index (χ2n) is 11.0. The summed E-state index contributed by atoms with van der Waals surface area (Å²) < 4.78 is 32.6. The molecule has 0 unspecified atom stereocenters. The van der Waals surface area contributed by atoms with E-state index in [4.69, 9.17) is 38.6 Å². The first-order valence-corrected chi connectivity index (χ1v) is 15.5. The average Bonchev–Trinajstić information content (AvgIpc) is 3.06. The first kappa shape index (κ1) is 35.5. The Balaban J connectivity index is 1.49. The van der Waals surface area contributed by atoms with Crippen molar-refractivity contribution in [3.63, 3.8) is 0 Å². The first-order valence-electron chi connectivity index (χ1n) is 15.5. The van der Waals surface area contributed by atoms with Gasteiger partial charge in [0, 0.05) is 18.2 Å². The van der Waals surface area contributed by atoms with Crippen molar-refractivity contribution in [1.29, 1.82) is 0 Å². The number of unbranched alkanes of at least 4 members (excludes halogenated alkanes) is 2. The van der Waals surface area contributed by atoms with Crippen molar-refractivity contribution < 1.29 is 48.2 Å². The van der Waals surface area contributed by atoms with Gasteiger partial charge in [-0.3, -0.25) is 0 Å². The highest BCUT2D eigenvalue weighted by Gasteiger charge is 2.22. The molecule has 1 saturated carbocycles. The molecule has 1 fully saturated rings. The van der Waals surface area contributed by atoms with Crippen LogP contribution in [0.25, 0.3) is 0 Å². The maximum absolute atomic E-state index is 11.7. The van der Waals surface area contributed by atoms with Gasteiger partial charge in [-0.05, 0) is 55.2 Å². The number of aliphatic hydroxyl groups is 2. The van der Waals surface area contributed by atoms with Crippen molar-refractivity contribution >= 4 is 11.9 Å². The number of carbonyl (C=O) groups excluding carboxylic acids is 2. The fourth-order valence-electron chi connectivity index (χ4n) is 5.05. The molecule has 0 radical (unpaired) electrons. The highest BCUT2D eigenvalue weighted by atomic mass is 16.7. The first-order chi connectivity index (χ1) is 21.8. The van der Waals surface area contributed by atoms with Crippen LogP contribution in [0.3, 0.4) is 0 Å². The number of hydrogen-bond acceptors (Lipinski definition) is 10. The standard InChI is InChI=1S/C35H46O10/c1-4-5-6-7-27-8-10-28(11-9-27)29-12-14-30(15-13-29)40-16-17-41-31-18-32(42-23-44-34(38)25(2)21-36)20-33(19-31)43-24-45-35(39)26(3)22-37/h12-15,18-20,27-28,36-37H,2-11,16-17,21-24H2,1H3. The van der Waals surface area contributed by atoms with E-state index in [1.54, 1.807) is 12.1 Å². The van der Waals surface area contributed by atoms with Crippen molar-refractivity contribution in [2.24, 2.45) is 5.92 Å². The summed E-state index contributed by atoms with van der Waals surface area (Å²) >= 11 is 0. The summed E-state index contributed by atoms with van der Waals surface area (Å²) in [5, 5.41) is 18.0. The Kier molecular flexibility index (Phi) is 15.3. The predicted molar refractivity (Wildman–Crippen MR) is 168 cm³/mol. The summed E-state index contributed by atoms with van der Waals surface area (Å²) in [6.45, 7) is 7.58. The molecule has 0 saturated heterocycles. The molecule has 0 bridgehead atoms. The van der Waals surface area contributed by atoms with Gasteiger partial charge in [0.1, 0.15) is 36.2 Å². The molecule has 2 N–H and O–H groups in total. The molecule has 246 valence electrons. The summed E-state index contributed by atoms with van der Waals surface area (Å²) in [5.74, 6) is 1.50. The zero-order valence-electron chi connectivity index (χ0n) is 26.2. The van der Waals surface area contributed by atoms with Crippen molar-refractivity contribution in [2.45, 2.75) is 64.2 Å². The molecule has 0 spiro atoms. The second kappa shape index (κ2) is 19.4. The molecule has 45 heavy (non-hydrogen) atoms. The Morgan fingerprint density at radius 3 is 1.69 bits per heavy atom. The molecule has 0 atom stereocenters. The topological polar surface area (TPSA) is 130 Å². The van der Waals surface area contributed by atoms with E-state index in [1.165, 1.54) is 63.0 Å². The molecule has 2 aromatic rings. The number of aliphatic hydroxyl groups excluding tert-OH is 2. The molecular formula is C35H46O10. The highest BCUT2D eigenvalue weighted by molar-refractivity contribution is 5.88. The molecule has 0 heterocycles. The van der Waals surface area contributed by atoms with Crippen LogP contribution in [0.4, 0.5) is 0 Å². The molecule has 1 aliphatic carbocycles. The van der Waals surface area contributed by atoms with E-state index < -0.39 is 38.7 Å². The lowest BCUT2D eigenvalue weighted by Gasteiger charge is -2.29. The van der Waals surface area contributed by atoms with Crippen LogP contribution in [0, 0.1) is 5.92 Å². The molecule has 1 aliphatic rings. The Morgan fingerprint density at radius 1 is 0.711 bits per heavy atom. The molecular weight excluding hydrogens is 580 g/mol. The van der Waals surface area contributed by atoms with Gasteiger partial charge < -0.3 is 38.6 Å². The van der Waals surface area contributed by atoms with Crippen LogP contribution < -0.4 is 18.9 Å².